The van der Waals surface area contributed by atoms with E-state index in [1.807, 2.05) is 11.9 Å². The third kappa shape index (κ3) is 7.99. The molecule has 2 amide bonds. The highest BCUT2D eigenvalue weighted by Crippen LogP contribution is 2.26. The Morgan fingerprint density at radius 1 is 0.822 bits per heavy atom. The molecule has 3 heterocycles. The van der Waals surface area contributed by atoms with Crippen LogP contribution in [0.4, 0.5) is 16.2 Å². The van der Waals surface area contributed by atoms with E-state index in [1.165, 1.54) is 35.2 Å². The number of aromatic nitrogens is 1. The van der Waals surface area contributed by atoms with Crippen LogP contribution < -0.4 is 15.1 Å². The number of piperazine rings is 2. The molecule has 0 spiro atoms. The van der Waals surface area contributed by atoms with Gasteiger partial charge in [0, 0.05) is 90.1 Å². The number of nitrogens with zero attached hydrogens (tertiary/aromatic N) is 5. The highest BCUT2D eigenvalue weighted by molar-refractivity contribution is 5.93. The molecule has 2 aliphatic heterocycles. The quantitative estimate of drug-likeness (QED) is 0.256. The van der Waals surface area contributed by atoms with Crippen molar-refractivity contribution in [1.29, 1.82) is 0 Å². The number of nitrogens with one attached hydrogen (secondary N) is 1. The van der Waals surface area contributed by atoms with Crippen molar-refractivity contribution >= 4 is 23.4 Å². The Balaban J connectivity index is 1.12. The van der Waals surface area contributed by atoms with E-state index in [4.69, 9.17) is 9.47 Å². The monoisotopic (exact) mass is 616 g/mol. The minimum Gasteiger partial charge on any atom is -0.450 e. The van der Waals surface area contributed by atoms with Gasteiger partial charge in [-0.1, -0.05) is 36.4 Å². The van der Waals surface area contributed by atoms with Crippen LogP contribution in [0, 0.1) is 13.8 Å². The maximum Gasteiger partial charge on any atom is 0.408 e. The van der Waals surface area contributed by atoms with E-state index in [0.29, 0.717) is 6.61 Å². The van der Waals surface area contributed by atoms with Gasteiger partial charge in [0.15, 0.2) is 0 Å². The van der Waals surface area contributed by atoms with Crippen LogP contribution >= 0.6 is 0 Å². The lowest BCUT2D eigenvalue weighted by Crippen LogP contribution is -2.49. The van der Waals surface area contributed by atoms with Crippen molar-refractivity contribution in [2.24, 2.45) is 7.05 Å². The number of methoxy groups -OCH3 is 1. The molecule has 0 radical (unpaired) electrons. The molecule has 10 heteroatoms. The summed E-state index contributed by atoms with van der Waals surface area (Å²) in [5.74, 6) is 0.124. The fourth-order valence-electron chi connectivity index (χ4n) is 6.39. The lowest BCUT2D eigenvalue weighted by Gasteiger charge is -2.37. The summed E-state index contributed by atoms with van der Waals surface area (Å²) in [6.07, 6.45) is 1.14. The van der Waals surface area contributed by atoms with E-state index in [-0.39, 0.29) is 12.6 Å². The molecule has 2 aliphatic rings. The van der Waals surface area contributed by atoms with E-state index in [9.17, 15) is 9.59 Å². The summed E-state index contributed by atoms with van der Waals surface area (Å²) in [4.78, 5) is 34.6. The van der Waals surface area contributed by atoms with Crippen LogP contribution in [0.5, 0.6) is 0 Å². The highest BCUT2D eigenvalue weighted by Gasteiger charge is 2.27. The Kier molecular flexibility index (Phi) is 11.0. The van der Waals surface area contributed by atoms with Gasteiger partial charge >= 0.3 is 6.09 Å². The molecular formula is C35H48N6O4. The van der Waals surface area contributed by atoms with Crippen LogP contribution in [-0.2, 0) is 29.5 Å². The summed E-state index contributed by atoms with van der Waals surface area (Å²) in [6.45, 7) is 12.6. The molecule has 0 saturated carbocycles. The molecule has 45 heavy (non-hydrogen) atoms. The number of benzene rings is 2. The number of hydrogen-bond donors (Lipinski definition) is 1. The predicted octanol–water partition coefficient (Wildman–Crippen LogP) is 4.19. The molecule has 242 valence electrons. The van der Waals surface area contributed by atoms with Crippen molar-refractivity contribution in [3.63, 3.8) is 0 Å². The first kappa shape index (κ1) is 32.4. The van der Waals surface area contributed by atoms with Gasteiger partial charge in [-0.15, -0.1) is 0 Å². The van der Waals surface area contributed by atoms with Crippen LogP contribution in [0.25, 0.3) is 0 Å². The number of aryl methyl sites for hydroxylation is 2. The van der Waals surface area contributed by atoms with Gasteiger partial charge in [-0.05, 0) is 61.6 Å². The van der Waals surface area contributed by atoms with Gasteiger partial charge in [0.2, 0.25) is 0 Å². The summed E-state index contributed by atoms with van der Waals surface area (Å²) >= 11 is 0. The number of carbonyl (C=O) groups excluding carboxylic acids is 2. The number of amides is 2. The number of hydrogen-bond acceptors (Lipinski definition) is 7. The summed E-state index contributed by atoms with van der Waals surface area (Å²) in [5, 5.41) is 2.53. The Hall–Kier alpha value is -4.02. The van der Waals surface area contributed by atoms with Gasteiger partial charge in [0.1, 0.15) is 12.4 Å². The van der Waals surface area contributed by atoms with Crippen LogP contribution in [0.15, 0.2) is 54.6 Å². The molecule has 2 aromatic carbocycles. The fraction of sp³-hybridized carbons (Fsp3) is 0.486. The molecule has 1 N–H and O–H groups in total. The van der Waals surface area contributed by atoms with Gasteiger partial charge in [0.25, 0.3) is 5.91 Å². The normalized spacial score (nSPS) is 15.8. The van der Waals surface area contributed by atoms with Crippen LogP contribution in [-0.4, -0.2) is 99.2 Å². The van der Waals surface area contributed by atoms with Gasteiger partial charge in [-0.2, -0.15) is 0 Å². The lowest BCUT2D eigenvalue weighted by molar-refractivity contribution is 0.0736. The second kappa shape index (κ2) is 15.3. The average molecular weight is 617 g/mol. The van der Waals surface area contributed by atoms with E-state index in [1.54, 1.807) is 0 Å². The van der Waals surface area contributed by atoms with Gasteiger partial charge in [-0.25, -0.2) is 4.79 Å². The maximum atomic E-state index is 13.6. The van der Waals surface area contributed by atoms with Crippen LogP contribution in [0.2, 0.25) is 0 Å². The smallest absolute Gasteiger partial charge is 0.408 e. The zero-order valence-electron chi connectivity index (χ0n) is 27.3. The van der Waals surface area contributed by atoms with Gasteiger partial charge in [-0.3, -0.25) is 15.0 Å². The topological polar surface area (TPSA) is 82.5 Å². The standard InChI is InChI=1S/C35H48N6O4/c1-27-10-5-7-13-31(27)39-19-21-41(22-20-39)34(42)33-24-30(28(2)37(33)3)25-38-15-17-40(18-16-38)32-14-8-6-11-29(32)12-9-23-45-35(43)36-26-44-4/h5-8,10-11,13-14,24H,9,12,15-23,25-26H2,1-4H3,(H,36,43). The Labute approximate surface area is 267 Å². The molecule has 0 atom stereocenters. The Morgan fingerprint density at radius 2 is 1.47 bits per heavy atom. The highest BCUT2D eigenvalue weighted by atomic mass is 16.6. The predicted molar refractivity (Wildman–Crippen MR) is 178 cm³/mol. The second-order valence-electron chi connectivity index (χ2n) is 12.0. The third-order valence-electron chi connectivity index (χ3n) is 9.17. The van der Waals surface area contributed by atoms with Crippen molar-refractivity contribution in [2.75, 3.05) is 82.6 Å². The molecule has 2 saturated heterocycles. The molecule has 2 fully saturated rings. The SMILES string of the molecule is COCNC(=O)OCCCc1ccccc1N1CCN(Cc2cc(C(=O)N3CCN(c4ccccc4C)CC3)n(C)c2C)CC1. The molecule has 0 bridgehead atoms. The van der Waals surface area contributed by atoms with Crippen LogP contribution in [0.3, 0.4) is 0 Å². The molecule has 1 aromatic heterocycles. The first-order valence-electron chi connectivity index (χ1n) is 16.1. The number of rotatable bonds is 11. The number of anilines is 2. The Morgan fingerprint density at radius 3 is 2.18 bits per heavy atom. The molecule has 0 aliphatic carbocycles. The largest absolute Gasteiger partial charge is 0.450 e. The number of carbonyl (C=O) groups is 2. The van der Waals surface area contributed by atoms with Gasteiger partial charge < -0.3 is 28.7 Å². The van der Waals surface area contributed by atoms with Gasteiger partial charge in [0.05, 0.1) is 6.61 Å². The van der Waals surface area contributed by atoms with Crippen molar-refractivity contribution in [1.82, 2.24) is 19.7 Å². The minimum absolute atomic E-state index is 0.124. The van der Waals surface area contributed by atoms with Crippen molar-refractivity contribution in [2.45, 2.75) is 33.2 Å². The zero-order chi connectivity index (χ0) is 31.8. The van der Waals surface area contributed by atoms with Crippen molar-refractivity contribution < 1.29 is 19.1 Å². The average Bonchev–Trinajstić information content (AvgIpc) is 3.34. The summed E-state index contributed by atoms with van der Waals surface area (Å²) < 4.78 is 12.1. The summed E-state index contributed by atoms with van der Waals surface area (Å²) in [7, 11) is 3.54. The van der Waals surface area contributed by atoms with E-state index in [0.717, 1.165) is 83.1 Å². The third-order valence-corrected chi connectivity index (χ3v) is 9.17. The summed E-state index contributed by atoms with van der Waals surface area (Å²) in [6, 6.07) is 19.1. The van der Waals surface area contributed by atoms with E-state index >= 15 is 0 Å². The van der Waals surface area contributed by atoms with E-state index < -0.39 is 6.09 Å². The minimum atomic E-state index is -0.455. The van der Waals surface area contributed by atoms with Crippen molar-refractivity contribution in [3.05, 3.63) is 82.7 Å². The molecule has 5 rings (SSSR count). The number of para-hydroxylation sites is 2. The first-order chi connectivity index (χ1) is 21.9. The van der Waals surface area contributed by atoms with Crippen LogP contribution in [0.1, 0.15) is 39.3 Å². The first-order valence-corrected chi connectivity index (χ1v) is 16.1. The Bertz CT molecular complexity index is 1440. The lowest BCUT2D eigenvalue weighted by atomic mass is 10.1. The molecule has 3 aromatic rings. The second-order valence-corrected chi connectivity index (χ2v) is 12.0. The molecular weight excluding hydrogens is 568 g/mol. The number of ether oxygens (including phenoxy) is 2. The van der Waals surface area contributed by atoms with E-state index in [2.05, 4.69) is 93.0 Å². The zero-order valence-corrected chi connectivity index (χ0v) is 27.3. The number of alkyl carbamates (subject to hydrolysis) is 1. The maximum absolute atomic E-state index is 13.6. The molecule has 10 nitrogen and oxygen atoms in total. The fourth-order valence-corrected chi connectivity index (χ4v) is 6.39. The van der Waals surface area contributed by atoms with Crippen molar-refractivity contribution in [3.8, 4) is 0 Å². The summed E-state index contributed by atoms with van der Waals surface area (Å²) in [5.41, 5.74) is 8.22. The molecule has 0 unspecified atom stereocenters.